The maximum Gasteiger partial charge on any atom is 0.000382 e. The van der Waals surface area contributed by atoms with Crippen molar-refractivity contribution >= 4 is 0 Å². The van der Waals surface area contributed by atoms with Gasteiger partial charge in [-0.15, -0.1) is 13.2 Å². The zero-order valence-corrected chi connectivity index (χ0v) is 11.3. The van der Waals surface area contributed by atoms with Crippen LogP contribution >= 0.6 is 0 Å². The molecule has 0 nitrogen and oxygen atoms in total. The van der Waals surface area contributed by atoms with Gasteiger partial charge in [-0.1, -0.05) is 58.1 Å². The molecule has 1 atom stereocenters. The summed E-state index contributed by atoms with van der Waals surface area (Å²) in [5, 5.41) is 0. The number of rotatable bonds is 11. The first-order chi connectivity index (χ1) is 7.79. The molecule has 0 rings (SSSR count). The Balaban J connectivity index is 4.09. The smallest absolute Gasteiger partial charge is 0.000382 e. The topological polar surface area (TPSA) is 0 Å². The van der Waals surface area contributed by atoms with Gasteiger partial charge in [0.05, 0.1) is 0 Å². The van der Waals surface area contributed by atoms with Crippen LogP contribution in [0.15, 0.2) is 25.3 Å². The summed E-state index contributed by atoms with van der Waals surface area (Å²) >= 11 is 0. The van der Waals surface area contributed by atoms with Gasteiger partial charge in [0.25, 0.3) is 0 Å². The molecule has 0 heterocycles. The molecule has 0 aromatic carbocycles. The predicted octanol–water partition coefficient (Wildman–Crippen LogP) is 5.71. The lowest BCUT2D eigenvalue weighted by molar-refractivity contribution is 0.470. The summed E-state index contributed by atoms with van der Waals surface area (Å²) in [6, 6.07) is 0. The van der Waals surface area contributed by atoms with Crippen molar-refractivity contribution in [2.45, 2.75) is 65.2 Å². The second-order valence-corrected chi connectivity index (χ2v) is 4.60. The molecule has 0 saturated carbocycles. The monoisotopic (exact) mass is 221 g/mol. The van der Waals surface area contributed by atoms with E-state index in [-0.39, 0.29) is 0 Å². The van der Waals surface area contributed by atoms with E-state index in [2.05, 4.69) is 39.2 Å². The minimum absolute atomic E-state index is 0.701. The average molecular weight is 221 g/mol. The summed E-state index contributed by atoms with van der Waals surface area (Å²) in [6.07, 6.45) is 14.4. The van der Waals surface area contributed by atoms with Gasteiger partial charge >= 0.3 is 0 Å². The van der Waals surface area contributed by atoms with Crippen molar-refractivity contribution in [3.8, 4) is 0 Å². The van der Waals surface area contributed by atoms with E-state index in [1.54, 1.807) is 5.92 Å². The fourth-order valence-corrected chi connectivity index (χ4v) is 2.16. The van der Waals surface area contributed by atoms with Crippen LogP contribution in [0.1, 0.15) is 65.2 Å². The highest BCUT2D eigenvalue weighted by Gasteiger charge is 2.17. The average Bonchev–Trinajstić information content (AvgIpc) is 2.31. The molecule has 0 amide bonds. The van der Waals surface area contributed by atoms with Crippen LogP contribution < -0.4 is 0 Å². The highest BCUT2D eigenvalue weighted by Crippen LogP contribution is 2.29. The van der Waals surface area contributed by atoms with Gasteiger partial charge in [-0.2, -0.15) is 0 Å². The maximum absolute atomic E-state index is 3.98. The largest absolute Gasteiger partial charge is 0.103 e. The van der Waals surface area contributed by atoms with Crippen LogP contribution in [0.2, 0.25) is 0 Å². The van der Waals surface area contributed by atoms with E-state index in [1.807, 2.05) is 0 Å². The highest BCUT2D eigenvalue weighted by atomic mass is 14.2. The molecule has 16 heavy (non-hydrogen) atoms. The Morgan fingerprint density at radius 1 is 1.06 bits per heavy atom. The standard InChI is InChI=1S/C16H29/c1-5-9-11-14-15(8-4)16(12-7-3)13-10-6-2/h7-8,16H,3-6,9-14H2,1-2H3. The number of hydrogen-bond acceptors (Lipinski definition) is 0. The molecule has 0 aliphatic heterocycles. The third-order valence-electron chi connectivity index (χ3n) is 3.21. The quantitative estimate of drug-likeness (QED) is 0.310. The molecule has 0 N–H and O–H groups in total. The molecule has 0 bridgehead atoms. The minimum Gasteiger partial charge on any atom is -0.103 e. The van der Waals surface area contributed by atoms with Gasteiger partial charge in [0.2, 0.25) is 0 Å². The summed E-state index contributed by atoms with van der Waals surface area (Å²) in [6.45, 7) is 12.4. The van der Waals surface area contributed by atoms with E-state index in [0.717, 1.165) is 6.42 Å². The number of hydrogen-bond donors (Lipinski definition) is 0. The third-order valence-corrected chi connectivity index (χ3v) is 3.21. The van der Waals surface area contributed by atoms with Crippen LogP contribution in [-0.4, -0.2) is 0 Å². The van der Waals surface area contributed by atoms with E-state index >= 15 is 0 Å². The molecule has 0 aromatic heterocycles. The van der Waals surface area contributed by atoms with Crippen LogP contribution in [0.5, 0.6) is 0 Å². The van der Waals surface area contributed by atoms with Crippen LogP contribution in [0.4, 0.5) is 0 Å². The maximum atomic E-state index is 3.98. The molecule has 0 heteroatoms. The Hall–Kier alpha value is -0.520. The van der Waals surface area contributed by atoms with Crippen molar-refractivity contribution in [1.29, 1.82) is 0 Å². The molecule has 0 aliphatic rings. The SMILES string of the molecule is C=CCC(CCCC)[C](C=C)CCCCC. The molecule has 1 unspecified atom stereocenters. The van der Waals surface area contributed by atoms with Crippen molar-refractivity contribution < 1.29 is 0 Å². The Labute approximate surface area is 103 Å². The Bertz CT molecular complexity index is 169. The van der Waals surface area contributed by atoms with Crippen molar-refractivity contribution in [2.75, 3.05) is 0 Å². The summed E-state index contributed by atoms with van der Waals surface area (Å²) in [5.41, 5.74) is 0. The molecule has 0 spiro atoms. The lowest BCUT2D eigenvalue weighted by Crippen LogP contribution is -2.10. The summed E-state index contributed by atoms with van der Waals surface area (Å²) in [7, 11) is 0. The molecule has 0 aromatic rings. The van der Waals surface area contributed by atoms with E-state index in [1.165, 1.54) is 44.9 Å². The first kappa shape index (κ1) is 15.5. The summed E-state index contributed by atoms with van der Waals surface area (Å²) in [4.78, 5) is 0. The van der Waals surface area contributed by atoms with E-state index in [4.69, 9.17) is 0 Å². The second kappa shape index (κ2) is 11.0. The predicted molar refractivity (Wildman–Crippen MR) is 75.4 cm³/mol. The first-order valence-corrected chi connectivity index (χ1v) is 6.89. The number of unbranched alkanes of at least 4 members (excludes halogenated alkanes) is 3. The van der Waals surface area contributed by atoms with Gasteiger partial charge in [-0.05, 0) is 25.2 Å². The molecular weight excluding hydrogens is 192 g/mol. The highest BCUT2D eigenvalue weighted by molar-refractivity contribution is 5.11. The van der Waals surface area contributed by atoms with Gasteiger partial charge in [0, 0.05) is 5.92 Å². The molecule has 0 fully saturated rings. The van der Waals surface area contributed by atoms with Gasteiger partial charge < -0.3 is 0 Å². The zero-order valence-electron chi connectivity index (χ0n) is 11.3. The van der Waals surface area contributed by atoms with Crippen molar-refractivity contribution in [3.05, 3.63) is 31.2 Å². The molecular formula is C16H29. The Morgan fingerprint density at radius 3 is 2.25 bits per heavy atom. The normalized spacial score (nSPS) is 12.7. The van der Waals surface area contributed by atoms with Crippen molar-refractivity contribution in [1.82, 2.24) is 0 Å². The second-order valence-electron chi connectivity index (χ2n) is 4.60. The fraction of sp³-hybridized carbons (Fsp3) is 0.688. The third kappa shape index (κ3) is 6.87. The van der Waals surface area contributed by atoms with E-state index in [9.17, 15) is 0 Å². The molecule has 93 valence electrons. The van der Waals surface area contributed by atoms with Gasteiger partial charge in [-0.3, -0.25) is 0 Å². The molecule has 0 aliphatic carbocycles. The Kier molecular flexibility index (Phi) is 10.6. The van der Waals surface area contributed by atoms with Gasteiger partial charge in [0.15, 0.2) is 0 Å². The first-order valence-electron chi connectivity index (χ1n) is 6.89. The van der Waals surface area contributed by atoms with Crippen LogP contribution in [0, 0.1) is 11.8 Å². The lowest BCUT2D eigenvalue weighted by Gasteiger charge is -2.22. The van der Waals surface area contributed by atoms with E-state index in [0.29, 0.717) is 5.92 Å². The van der Waals surface area contributed by atoms with Crippen LogP contribution in [-0.2, 0) is 0 Å². The van der Waals surface area contributed by atoms with Crippen molar-refractivity contribution in [3.63, 3.8) is 0 Å². The van der Waals surface area contributed by atoms with Crippen LogP contribution in [0.3, 0.4) is 0 Å². The van der Waals surface area contributed by atoms with Gasteiger partial charge in [-0.25, -0.2) is 0 Å². The lowest BCUT2D eigenvalue weighted by atomic mass is 9.82. The van der Waals surface area contributed by atoms with Crippen molar-refractivity contribution in [2.24, 2.45) is 5.92 Å². The number of allylic oxidation sites excluding steroid dienone is 2. The van der Waals surface area contributed by atoms with Gasteiger partial charge in [0.1, 0.15) is 0 Å². The van der Waals surface area contributed by atoms with Crippen LogP contribution in [0.25, 0.3) is 0 Å². The zero-order chi connectivity index (χ0) is 12.2. The molecule has 1 radical (unpaired) electrons. The minimum atomic E-state index is 0.701. The van der Waals surface area contributed by atoms with E-state index < -0.39 is 0 Å². The fourth-order valence-electron chi connectivity index (χ4n) is 2.16. The Morgan fingerprint density at radius 2 is 1.75 bits per heavy atom. The summed E-state index contributed by atoms with van der Waals surface area (Å²) < 4.78 is 0. The summed E-state index contributed by atoms with van der Waals surface area (Å²) in [5.74, 6) is 2.26. The molecule has 0 saturated heterocycles.